The van der Waals surface area contributed by atoms with Crippen molar-refractivity contribution < 1.29 is 9.90 Å². The zero-order chi connectivity index (χ0) is 9.73. The van der Waals surface area contributed by atoms with Crippen LogP contribution in [0.5, 0.6) is 0 Å². The summed E-state index contributed by atoms with van der Waals surface area (Å²) in [4.78, 5) is 11.1. The van der Waals surface area contributed by atoms with Gasteiger partial charge in [0.2, 0.25) is 0 Å². The summed E-state index contributed by atoms with van der Waals surface area (Å²) < 4.78 is 0. The number of carbonyl (C=O) groups is 1. The number of carboxylic acid groups (broad SMARTS) is 1. The number of allylic oxidation sites excluding steroid dienone is 2. The maximum atomic E-state index is 11.1. The van der Waals surface area contributed by atoms with E-state index in [4.69, 9.17) is 5.11 Å². The molecule has 1 saturated carbocycles. The Morgan fingerprint density at radius 1 is 1.31 bits per heavy atom. The molecule has 0 radical (unpaired) electrons. The van der Waals surface area contributed by atoms with Crippen LogP contribution in [0.1, 0.15) is 32.1 Å². The summed E-state index contributed by atoms with van der Waals surface area (Å²) in [5.74, 6) is -0.690. The van der Waals surface area contributed by atoms with Crippen molar-refractivity contribution in [2.75, 3.05) is 0 Å². The molecule has 0 aromatic rings. The molecule has 0 atom stereocenters. The molecule has 0 aliphatic heterocycles. The van der Waals surface area contributed by atoms with Gasteiger partial charge in [-0.3, -0.25) is 4.79 Å². The van der Waals surface area contributed by atoms with Crippen molar-refractivity contribution in [1.82, 2.24) is 0 Å². The van der Waals surface area contributed by atoms with Crippen LogP contribution in [0.25, 0.3) is 0 Å². The standard InChI is InChI=1S/C11H16O2/c1-2-3-7-11(10(12)13)8-5-4-6-9-11/h2-3,7H,1,4-6,8-9H2,(H,12,13). The molecular weight excluding hydrogens is 164 g/mol. The second kappa shape index (κ2) is 4.26. The van der Waals surface area contributed by atoms with Crippen molar-refractivity contribution in [1.29, 1.82) is 0 Å². The van der Waals surface area contributed by atoms with Gasteiger partial charge in [0, 0.05) is 0 Å². The first-order valence-electron chi connectivity index (χ1n) is 4.75. The lowest BCUT2D eigenvalue weighted by Crippen LogP contribution is -2.31. The van der Waals surface area contributed by atoms with Crippen LogP contribution < -0.4 is 0 Å². The molecule has 2 heteroatoms. The van der Waals surface area contributed by atoms with Crippen molar-refractivity contribution in [2.24, 2.45) is 5.41 Å². The maximum absolute atomic E-state index is 11.1. The Labute approximate surface area is 79.0 Å². The first-order chi connectivity index (χ1) is 6.21. The monoisotopic (exact) mass is 180 g/mol. The Morgan fingerprint density at radius 2 is 1.92 bits per heavy atom. The molecule has 0 aromatic carbocycles. The van der Waals surface area contributed by atoms with Crippen LogP contribution in [0.4, 0.5) is 0 Å². The molecule has 72 valence electrons. The van der Waals surface area contributed by atoms with Crippen molar-refractivity contribution in [3.63, 3.8) is 0 Å². The molecule has 1 aliphatic carbocycles. The van der Waals surface area contributed by atoms with Gasteiger partial charge in [0.05, 0.1) is 5.41 Å². The highest BCUT2D eigenvalue weighted by Crippen LogP contribution is 2.37. The summed E-state index contributed by atoms with van der Waals surface area (Å²) in [6.45, 7) is 3.56. The Bertz CT molecular complexity index is 222. The van der Waals surface area contributed by atoms with Crippen LogP contribution in [0, 0.1) is 5.41 Å². The second-order valence-electron chi connectivity index (χ2n) is 3.62. The van der Waals surface area contributed by atoms with E-state index < -0.39 is 11.4 Å². The highest BCUT2D eigenvalue weighted by Gasteiger charge is 2.36. The molecule has 0 heterocycles. The highest BCUT2D eigenvalue weighted by molar-refractivity contribution is 5.77. The molecule has 0 unspecified atom stereocenters. The van der Waals surface area contributed by atoms with Gasteiger partial charge in [-0.2, -0.15) is 0 Å². The first kappa shape index (κ1) is 10.0. The predicted octanol–water partition coefficient (Wildman–Crippen LogP) is 2.76. The lowest BCUT2D eigenvalue weighted by atomic mass is 9.74. The fourth-order valence-electron chi connectivity index (χ4n) is 1.89. The molecule has 1 rings (SSSR count). The lowest BCUT2D eigenvalue weighted by Gasteiger charge is -2.29. The Balaban J connectivity index is 2.78. The minimum absolute atomic E-state index is 0.605. The first-order valence-corrected chi connectivity index (χ1v) is 4.75. The summed E-state index contributed by atoms with van der Waals surface area (Å²) in [7, 11) is 0. The third kappa shape index (κ3) is 2.20. The van der Waals surface area contributed by atoms with Crippen LogP contribution in [0.2, 0.25) is 0 Å². The number of hydrogen-bond acceptors (Lipinski definition) is 1. The SMILES string of the molecule is C=CC=CC1(C(=O)O)CCCCC1. The number of hydrogen-bond donors (Lipinski definition) is 1. The van der Waals surface area contributed by atoms with E-state index in [9.17, 15) is 4.79 Å². The predicted molar refractivity (Wildman–Crippen MR) is 52.5 cm³/mol. The quantitative estimate of drug-likeness (QED) is 0.678. The maximum Gasteiger partial charge on any atom is 0.313 e. The highest BCUT2D eigenvalue weighted by atomic mass is 16.4. The van der Waals surface area contributed by atoms with E-state index in [1.54, 1.807) is 18.2 Å². The molecular formula is C11H16O2. The number of aliphatic carboxylic acids is 1. The summed E-state index contributed by atoms with van der Waals surface area (Å²) in [5.41, 5.74) is -0.605. The molecule has 1 aliphatic rings. The Morgan fingerprint density at radius 3 is 2.38 bits per heavy atom. The molecule has 2 nitrogen and oxygen atoms in total. The van der Waals surface area contributed by atoms with Gasteiger partial charge < -0.3 is 5.11 Å². The van der Waals surface area contributed by atoms with Crippen molar-refractivity contribution in [2.45, 2.75) is 32.1 Å². The zero-order valence-corrected chi connectivity index (χ0v) is 7.83. The third-order valence-electron chi connectivity index (χ3n) is 2.72. The molecule has 0 aromatic heterocycles. The molecule has 0 saturated heterocycles. The fourth-order valence-corrected chi connectivity index (χ4v) is 1.89. The van der Waals surface area contributed by atoms with Gasteiger partial charge in [-0.1, -0.05) is 44.1 Å². The van der Waals surface area contributed by atoms with Crippen LogP contribution in [0.3, 0.4) is 0 Å². The Kier molecular flexibility index (Phi) is 3.29. The van der Waals surface area contributed by atoms with Gasteiger partial charge in [-0.25, -0.2) is 0 Å². The molecule has 0 bridgehead atoms. The minimum Gasteiger partial charge on any atom is -0.481 e. The van der Waals surface area contributed by atoms with Gasteiger partial charge >= 0.3 is 5.97 Å². The number of carboxylic acids is 1. The van der Waals surface area contributed by atoms with Gasteiger partial charge in [-0.05, 0) is 12.8 Å². The summed E-state index contributed by atoms with van der Waals surface area (Å²) in [6.07, 6.45) is 9.93. The van der Waals surface area contributed by atoms with E-state index >= 15 is 0 Å². The van der Waals surface area contributed by atoms with E-state index in [1.807, 2.05) is 0 Å². The average molecular weight is 180 g/mol. The van der Waals surface area contributed by atoms with Gasteiger partial charge in [0.1, 0.15) is 0 Å². The van der Waals surface area contributed by atoms with Crippen LogP contribution in [-0.2, 0) is 4.79 Å². The number of rotatable bonds is 3. The summed E-state index contributed by atoms with van der Waals surface area (Å²) in [6, 6.07) is 0. The smallest absolute Gasteiger partial charge is 0.313 e. The van der Waals surface area contributed by atoms with Crippen LogP contribution >= 0.6 is 0 Å². The molecule has 13 heavy (non-hydrogen) atoms. The topological polar surface area (TPSA) is 37.3 Å². The summed E-state index contributed by atoms with van der Waals surface area (Å²) in [5, 5.41) is 9.13. The second-order valence-corrected chi connectivity index (χ2v) is 3.62. The molecule has 1 N–H and O–H groups in total. The molecule has 0 spiro atoms. The van der Waals surface area contributed by atoms with E-state index in [-0.39, 0.29) is 0 Å². The van der Waals surface area contributed by atoms with E-state index in [1.165, 1.54) is 0 Å². The van der Waals surface area contributed by atoms with Gasteiger partial charge in [0.25, 0.3) is 0 Å². The average Bonchev–Trinajstić information content (AvgIpc) is 2.16. The largest absolute Gasteiger partial charge is 0.481 e. The van der Waals surface area contributed by atoms with E-state index in [0.29, 0.717) is 0 Å². The van der Waals surface area contributed by atoms with Crippen LogP contribution in [-0.4, -0.2) is 11.1 Å². The minimum atomic E-state index is -0.690. The third-order valence-corrected chi connectivity index (χ3v) is 2.72. The fraction of sp³-hybridized carbons (Fsp3) is 0.545. The van der Waals surface area contributed by atoms with Crippen molar-refractivity contribution in [3.05, 3.63) is 24.8 Å². The van der Waals surface area contributed by atoms with Crippen LogP contribution in [0.15, 0.2) is 24.8 Å². The lowest BCUT2D eigenvalue weighted by molar-refractivity contribution is -0.147. The zero-order valence-electron chi connectivity index (χ0n) is 7.83. The molecule has 1 fully saturated rings. The van der Waals surface area contributed by atoms with Crippen molar-refractivity contribution in [3.8, 4) is 0 Å². The summed E-state index contributed by atoms with van der Waals surface area (Å²) >= 11 is 0. The van der Waals surface area contributed by atoms with Gasteiger partial charge in [-0.15, -0.1) is 0 Å². The molecule has 0 amide bonds. The Hall–Kier alpha value is -1.05. The van der Waals surface area contributed by atoms with Crippen molar-refractivity contribution >= 4 is 5.97 Å². The van der Waals surface area contributed by atoms with E-state index in [2.05, 4.69) is 6.58 Å². The normalized spacial score (nSPS) is 21.5. The van der Waals surface area contributed by atoms with E-state index in [0.717, 1.165) is 32.1 Å². The van der Waals surface area contributed by atoms with Gasteiger partial charge in [0.15, 0.2) is 0 Å².